The number of methoxy groups -OCH3 is 1. The Balaban J connectivity index is 1.55. The number of ether oxygens (including phenoxy) is 3. The van der Waals surface area contributed by atoms with Crippen LogP contribution in [0.15, 0.2) is 42.5 Å². The molecule has 1 heterocycles. The van der Waals surface area contributed by atoms with Crippen LogP contribution in [0.25, 0.3) is 0 Å². The highest BCUT2D eigenvalue weighted by Crippen LogP contribution is 2.42. The van der Waals surface area contributed by atoms with Crippen molar-refractivity contribution in [2.75, 3.05) is 26.0 Å². The van der Waals surface area contributed by atoms with E-state index >= 15 is 0 Å². The number of hydrogen-bond donors (Lipinski definition) is 2. The fourth-order valence-corrected chi connectivity index (χ4v) is 2.70. The second kappa shape index (κ2) is 7.17. The van der Waals surface area contributed by atoms with E-state index in [0.29, 0.717) is 12.2 Å². The van der Waals surface area contributed by atoms with Crippen LogP contribution >= 0.6 is 0 Å². The van der Waals surface area contributed by atoms with Crippen molar-refractivity contribution >= 4 is 11.6 Å². The van der Waals surface area contributed by atoms with Gasteiger partial charge >= 0.3 is 6.29 Å². The van der Waals surface area contributed by atoms with Crippen LogP contribution in [0.3, 0.4) is 0 Å². The molecule has 1 unspecified atom stereocenters. The van der Waals surface area contributed by atoms with E-state index in [2.05, 4.69) is 14.8 Å². The van der Waals surface area contributed by atoms with E-state index in [9.17, 15) is 13.6 Å². The third-order valence-corrected chi connectivity index (χ3v) is 3.79. The lowest BCUT2D eigenvalue weighted by atomic mass is 10.2. The second-order valence-electron chi connectivity index (χ2n) is 6.04. The fourth-order valence-electron chi connectivity index (χ4n) is 2.70. The van der Waals surface area contributed by atoms with Crippen LogP contribution < -0.4 is 24.4 Å². The summed E-state index contributed by atoms with van der Waals surface area (Å²) in [7, 11) is 3.49. The first-order chi connectivity index (χ1) is 12.3. The number of hydrogen-bond acceptors (Lipinski definition) is 4. The molecule has 0 saturated heterocycles. The Hall–Kier alpha value is -2.87. The quantitative estimate of drug-likeness (QED) is 0.818. The number of carbonyl (C=O) groups is 1. The molecule has 0 bridgehead atoms. The van der Waals surface area contributed by atoms with Crippen molar-refractivity contribution in [2.24, 2.45) is 0 Å². The summed E-state index contributed by atoms with van der Waals surface area (Å²) < 4.78 is 39.9. The average Bonchev–Trinajstić information content (AvgIpc) is 2.87. The van der Waals surface area contributed by atoms with Crippen molar-refractivity contribution in [3.8, 4) is 17.2 Å². The third kappa shape index (κ3) is 4.40. The van der Waals surface area contributed by atoms with Gasteiger partial charge < -0.3 is 24.4 Å². The van der Waals surface area contributed by atoms with Gasteiger partial charge in [0, 0.05) is 17.3 Å². The van der Waals surface area contributed by atoms with Gasteiger partial charge in [-0.2, -0.15) is 0 Å². The molecule has 2 aromatic rings. The van der Waals surface area contributed by atoms with Crippen LogP contribution in [0.5, 0.6) is 17.2 Å². The Morgan fingerprint density at radius 3 is 2.73 bits per heavy atom. The zero-order valence-corrected chi connectivity index (χ0v) is 14.3. The molecule has 8 heteroatoms. The molecule has 6 nitrogen and oxygen atoms in total. The van der Waals surface area contributed by atoms with Crippen LogP contribution in [-0.2, 0) is 11.3 Å². The lowest BCUT2D eigenvalue weighted by molar-refractivity contribution is -0.885. The van der Waals surface area contributed by atoms with Crippen LogP contribution in [0, 0.1) is 0 Å². The fraction of sp³-hybridized carbons (Fsp3) is 0.278. The number of halogens is 2. The maximum absolute atomic E-state index is 13.0. The Kier molecular flexibility index (Phi) is 4.94. The lowest BCUT2D eigenvalue weighted by Gasteiger charge is -2.14. The number of alkyl halides is 2. The van der Waals surface area contributed by atoms with Crippen LogP contribution in [0.4, 0.5) is 14.5 Å². The van der Waals surface area contributed by atoms with Gasteiger partial charge in [-0.1, -0.05) is 12.1 Å². The molecule has 0 saturated carbocycles. The largest absolute Gasteiger partial charge is 0.586 e. The Labute approximate surface area is 149 Å². The molecule has 0 fully saturated rings. The smallest absolute Gasteiger partial charge is 0.497 e. The van der Waals surface area contributed by atoms with Crippen LogP contribution in [0.1, 0.15) is 5.56 Å². The van der Waals surface area contributed by atoms with E-state index in [4.69, 9.17) is 4.74 Å². The number of carbonyl (C=O) groups excluding carboxylic acids is 1. The van der Waals surface area contributed by atoms with Gasteiger partial charge in [0.05, 0.1) is 14.2 Å². The number of anilines is 1. The molecule has 0 spiro atoms. The molecule has 1 aliphatic heterocycles. The van der Waals surface area contributed by atoms with Gasteiger partial charge in [-0.05, 0) is 24.3 Å². The first kappa shape index (κ1) is 17.9. The summed E-state index contributed by atoms with van der Waals surface area (Å²) in [4.78, 5) is 13.1. The van der Waals surface area contributed by atoms with E-state index in [0.717, 1.165) is 16.2 Å². The number of nitrogens with one attached hydrogen (secondary N) is 2. The van der Waals surface area contributed by atoms with Crippen molar-refractivity contribution in [1.29, 1.82) is 0 Å². The predicted molar refractivity (Wildman–Crippen MR) is 89.7 cm³/mol. The summed E-state index contributed by atoms with van der Waals surface area (Å²) in [6, 6.07) is 11.8. The summed E-state index contributed by atoms with van der Waals surface area (Å²) in [5, 5.41) is 2.67. The molecule has 2 N–H and O–H groups in total. The Morgan fingerprint density at radius 2 is 1.96 bits per heavy atom. The van der Waals surface area contributed by atoms with Gasteiger partial charge in [-0.25, -0.2) is 0 Å². The van der Waals surface area contributed by atoms with Crippen LogP contribution in [0.2, 0.25) is 0 Å². The standard InChI is InChI=1S/C18H18F2N2O4/c1-22(10-12-4-3-5-14(8-12)24-2)11-17(23)21-13-6-7-15-16(9-13)26-18(19,20)25-15/h3-9H,10-11H2,1-2H3,(H,21,23)/p+1. The van der Waals surface area contributed by atoms with Gasteiger partial charge in [0.25, 0.3) is 5.91 Å². The minimum atomic E-state index is -3.67. The number of amides is 1. The Morgan fingerprint density at radius 1 is 1.19 bits per heavy atom. The van der Waals surface area contributed by atoms with E-state index in [1.54, 1.807) is 7.11 Å². The molecular formula is C18H19F2N2O4+. The monoisotopic (exact) mass is 365 g/mol. The Bertz CT molecular complexity index is 814. The van der Waals surface area contributed by atoms with Crippen molar-refractivity contribution < 1.29 is 32.7 Å². The van der Waals surface area contributed by atoms with E-state index in [1.807, 2.05) is 31.3 Å². The average molecular weight is 365 g/mol. The lowest BCUT2D eigenvalue weighted by Crippen LogP contribution is -3.08. The van der Waals surface area contributed by atoms with E-state index < -0.39 is 6.29 Å². The predicted octanol–water partition coefficient (Wildman–Crippen LogP) is 1.67. The highest BCUT2D eigenvalue weighted by Gasteiger charge is 2.43. The SMILES string of the molecule is COc1cccc(C[NH+](C)CC(=O)Nc2ccc3c(c2)OC(F)(F)O3)c1. The summed E-state index contributed by atoms with van der Waals surface area (Å²) >= 11 is 0. The summed E-state index contributed by atoms with van der Waals surface area (Å²) in [5.41, 5.74) is 1.41. The van der Waals surface area contributed by atoms with Gasteiger partial charge in [0.1, 0.15) is 12.3 Å². The topological polar surface area (TPSA) is 61.2 Å². The maximum Gasteiger partial charge on any atom is 0.586 e. The van der Waals surface area contributed by atoms with E-state index in [1.165, 1.54) is 18.2 Å². The molecule has 1 aliphatic rings. The number of fused-ring (bicyclic) bond motifs is 1. The maximum atomic E-state index is 13.0. The zero-order chi connectivity index (χ0) is 18.7. The highest BCUT2D eigenvalue weighted by molar-refractivity contribution is 5.91. The van der Waals surface area contributed by atoms with Crippen molar-refractivity contribution in [2.45, 2.75) is 12.8 Å². The van der Waals surface area contributed by atoms with Gasteiger partial charge in [-0.15, -0.1) is 8.78 Å². The molecule has 138 valence electrons. The summed E-state index contributed by atoms with van der Waals surface area (Å²) in [5.74, 6) is 0.353. The van der Waals surface area contributed by atoms with Crippen molar-refractivity contribution in [3.05, 3.63) is 48.0 Å². The number of benzene rings is 2. The first-order valence-corrected chi connectivity index (χ1v) is 7.98. The van der Waals surface area contributed by atoms with Gasteiger partial charge in [0.15, 0.2) is 18.0 Å². The normalized spacial score (nSPS) is 15.4. The van der Waals surface area contributed by atoms with E-state index in [-0.39, 0.29) is 24.0 Å². The van der Waals surface area contributed by atoms with Crippen LogP contribution in [-0.4, -0.2) is 32.9 Å². The summed E-state index contributed by atoms with van der Waals surface area (Å²) in [6.07, 6.45) is -3.67. The number of quaternary nitrogens is 1. The molecule has 3 rings (SSSR count). The number of rotatable bonds is 6. The van der Waals surface area contributed by atoms with Gasteiger partial charge in [-0.3, -0.25) is 4.79 Å². The molecule has 26 heavy (non-hydrogen) atoms. The number of likely N-dealkylation sites (N-methyl/N-ethyl adjacent to an activating group) is 1. The zero-order valence-electron chi connectivity index (χ0n) is 14.3. The molecule has 0 aromatic heterocycles. The highest BCUT2D eigenvalue weighted by atomic mass is 19.3. The van der Waals surface area contributed by atoms with Gasteiger partial charge in [0.2, 0.25) is 0 Å². The molecule has 0 aliphatic carbocycles. The first-order valence-electron chi connectivity index (χ1n) is 7.98. The molecule has 2 aromatic carbocycles. The second-order valence-corrected chi connectivity index (χ2v) is 6.04. The molecule has 1 amide bonds. The summed E-state index contributed by atoms with van der Waals surface area (Å²) in [6.45, 7) is 0.847. The molecule has 0 radical (unpaired) electrons. The minimum absolute atomic E-state index is 0.0613. The van der Waals surface area contributed by atoms with Crippen molar-refractivity contribution in [3.63, 3.8) is 0 Å². The van der Waals surface area contributed by atoms with Crippen molar-refractivity contribution in [1.82, 2.24) is 0 Å². The third-order valence-electron chi connectivity index (χ3n) is 3.79. The molecular weight excluding hydrogens is 346 g/mol. The minimum Gasteiger partial charge on any atom is -0.497 e. The molecule has 1 atom stereocenters.